The van der Waals surface area contributed by atoms with Gasteiger partial charge in [-0.1, -0.05) is 60.7 Å². The Morgan fingerprint density at radius 2 is 0.722 bits per heavy atom. The number of anilines is 9. The molecule has 4 amide bonds. The lowest BCUT2D eigenvalue weighted by Gasteiger charge is -2.24. The molecule has 428 valence electrons. The SMILES string of the molecule is CC(=O)NCCNc1nc(NCC(=O)NCCNc2nc(NCC(=O)NCCNc3nc(NCC(N)=O)nc(N(CCCN)CCCN)n3)nc(N(Cc3ccccc3)Cc3ccccc3)n2)nc(N(CCCN)CCCN)n1. The second kappa shape index (κ2) is 34.9. The maximum absolute atomic E-state index is 13.3. The first-order valence-electron chi connectivity index (χ1n) is 26.4. The lowest BCUT2D eigenvalue weighted by molar-refractivity contribution is -0.120. The summed E-state index contributed by atoms with van der Waals surface area (Å²) in [6.07, 6.45) is 2.78. The van der Waals surface area contributed by atoms with E-state index in [2.05, 4.69) is 82.7 Å². The molecule has 0 saturated heterocycles. The maximum Gasteiger partial charge on any atom is 0.239 e. The summed E-state index contributed by atoms with van der Waals surface area (Å²) in [6.45, 7) is 7.58. The minimum Gasteiger partial charge on any atom is -0.368 e. The van der Waals surface area contributed by atoms with Crippen LogP contribution < -0.4 is 91.2 Å². The topological polar surface area (TPSA) is 432 Å². The van der Waals surface area contributed by atoms with Crippen LogP contribution in [0.1, 0.15) is 43.7 Å². The van der Waals surface area contributed by atoms with Gasteiger partial charge in [0.1, 0.15) is 0 Å². The summed E-state index contributed by atoms with van der Waals surface area (Å²) < 4.78 is 0. The van der Waals surface area contributed by atoms with Crippen LogP contribution in [0, 0.1) is 0 Å². The van der Waals surface area contributed by atoms with Crippen molar-refractivity contribution in [1.82, 2.24) is 60.8 Å². The normalized spacial score (nSPS) is 10.7. The van der Waals surface area contributed by atoms with Gasteiger partial charge >= 0.3 is 0 Å². The van der Waals surface area contributed by atoms with Crippen LogP contribution in [-0.4, -0.2) is 180 Å². The number of benzene rings is 2. The Morgan fingerprint density at radius 3 is 1.05 bits per heavy atom. The van der Waals surface area contributed by atoms with Gasteiger partial charge < -0.3 is 91.2 Å². The molecule has 19 N–H and O–H groups in total. The minimum absolute atomic E-state index is 0.132. The number of nitrogens with one attached hydrogen (secondary N) is 9. The van der Waals surface area contributed by atoms with Crippen LogP contribution in [0.4, 0.5) is 53.5 Å². The molecule has 3 aromatic heterocycles. The first kappa shape index (κ1) is 61.2. The number of hydrogen-bond donors (Lipinski definition) is 14. The fourth-order valence-electron chi connectivity index (χ4n) is 7.33. The fraction of sp³-hybridized carbons (Fsp3) is 0.490. The average Bonchev–Trinajstić information content (AvgIpc) is 3.47. The van der Waals surface area contributed by atoms with Crippen LogP contribution in [0.15, 0.2) is 60.7 Å². The molecule has 3 heterocycles. The van der Waals surface area contributed by atoms with Gasteiger partial charge in [-0.3, -0.25) is 19.2 Å². The van der Waals surface area contributed by atoms with E-state index in [9.17, 15) is 19.2 Å². The zero-order chi connectivity index (χ0) is 56.5. The van der Waals surface area contributed by atoms with Crippen LogP contribution in [0.25, 0.3) is 0 Å². The summed E-state index contributed by atoms with van der Waals surface area (Å²) in [5.41, 5.74) is 30.6. The Labute approximate surface area is 459 Å². The molecule has 79 heavy (non-hydrogen) atoms. The van der Waals surface area contributed by atoms with Gasteiger partial charge in [0.2, 0.25) is 77.2 Å². The molecule has 0 aliphatic carbocycles. The van der Waals surface area contributed by atoms with Gasteiger partial charge in [0.05, 0.1) is 19.6 Å². The molecule has 0 saturated carbocycles. The van der Waals surface area contributed by atoms with Crippen molar-refractivity contribution in [2.24, 2.45) is 28.7 Å². The Hall–Kier alpha value is -8.61. The Morgan fingerprint density at radius 1 is 0.405 bits per heavy atom. The molecule has 0 aliphatic heterocycles. The van der Waals surface area contributed by atoms with Gasteiger partial charge in [-0.25, -0.2) is 0 Å². The quantitative estimate of drug-likeness (QED) is 0.0192. The standard InChI is InChI=1S/C49H78N26O4/c1-35(76)55-20-23-58-41-65-45(71-48(67-41)74(28-10-18-52)29-11-19-53)62-31-39(78)57-22-25-60-43-66-46(72-49(69-43)75(33-36-12-4-2-5-13-36)34-37-14-6-3-7-15-37)63-32-40(79)56-21-24-59-42-64-44(61-30-38(54)77)70-47(68-42)73(26-8-16-50)27-9-17-51/h2-7,12-15H,8-11,16-34,50-53H2,1H3,(H2,54,77)(H,55,76)(H,56,79)(H,57,78)(H2,58,62,65,67,71)(H2,59,61,64,68,70)(H2,60,63,66,69,72). The van der Waals surface area contributed by atoms with Crippen molar-refractivity contribution in [3.8, 4) is 0 Å². The Bertz CT molecular complexity index is 2550. The van der Waals surface area contributed by atoms with Crippen molar-refractivity contribution in [1.29, 1.82) is 0 Å². The van der Waals surface area contributed by atoms with Crippen molar-refractivity contribution >= 4 is 77.2 Å². The lowest BCUT2D eigenvalue weighted by atomic mass is 10.2. The molecule has 30 heteroatoms. The van der Waals surface area contributed by atoms with Gasteiger partial charge in [-0.15, -0.1) is 0 Å². The van der Waals surface area contributed by atoms with E-state index < -0.39 is 5.91 Å². The van der Waals surface area contributed by atoms with E-state index in [0.29, 0.717) is 122 Å². The number of primary amides is 1. The Balaban J connectivity index is 1.25. The third-order valence-electron chi connectivity index (χ3n) is 11.2. The lowest BCUT2D eigenvalue weighted by Crippen LogP contribution is -2.35. The number of carbonyl (C=O) groups excluding carboxylic acids is 4. The van der Waals surface area contributed by atoms with Crippen molar-refractivity contribution < 1.29 is 19.2 Å². The van der Waals surface area contributed by atoms with Gasteiger partial charge in [0.25, 0.3) is 0 Å². The van der Waals surface area contributed by atoms with Crippen molar-refractivity contribution in [3.63, 3.8) is 0 Å². The zero-order valence-corrected chi connectivity index (χ0v) is 44.9. The molecule has 30 nitrogen and oxygen atoms in total. The van der Waals surface area contributed by atoms with Gasteiger partial charge in [-0.2, -0.15) is 44.9 Å². The predicted octanol–water partition coefficient (Wildman–Crippen LogP) is -1.82. The minimum atomic E-state index is -0.587. The highest BCUT2D eigenvalue weighted by Crippen LogP contribution is 2.21. The molecule has 2 aromatic carbocycles. The molecule has 0 aliphatic rings. The van der Waals surface area contributed by atoms with Crippen LogP contribution >= 0.6 is 0 Å². The number of amides is 4. The molecular formula is C49H78N26O4. The molecule has 5 rings (SSSR count). The number of rotatable bonds is 40. The van der Waals surface area contributed by atoms with Crippen molar-refractivity contribution in [2.45, 2.75) is 45.7 Å². The summed E-state index contributed by atoms with van der Waals surface area (Å²) in [4.78, 5) is 96.6. The van der Waals surface area contributed by atoms with E-state index in [1.54, 1.807) is 0 Å². The van der Waals surface area contributed by atoms with Crippen molar-refractivity contribution in [2.75, 3.05) is 158 Å². The fourth-order valence-corrected chi connectivity index (χ4v) is 7.33. The molecular weight excluding hydrogens is 1020 g/mol. The second-order valence-corrected chi connectivity index (χ2v) is 17.7. The van der Waals surface area contributed by atoms with Crippen LogP contribution in [0.3, 0.4) is 0 Å². The van der Waals surface area contributed by atoms with E-state index in [1.165, 1.54) is 6.92 Å². The summed E-state index contributed by atoms with van der Waals surface area (Å²) in [7, 11) is 0. The molecule has 0 fully saturated rings. The number of hydrogen-bond acceptors (Lipinski definition) is 26. The monoisotopic (exact) mass is 1090 g/mol. The molecule has 5 aromatic rings. The number of carbonyl (C=O) groups is 4. The first-order chi connectivity index (χ1) is 38.4. The third-order valence-corrected chi connectivity index (χ3v) is 11.2. The summed E-state index contributed by atoms with van der Waals surface area (Å²) in [5.74, 6) is 0.769. The van der Waals surface area contributed by atoms with Crippen molar-refractivity contribution in [3.05, 3.63) is 71.8 Å². The van der Waals surface area contributed by atoms with Gasteiger partial charge in [0, 0.05) is 85.5 Å². The highest BCUT2D eigenvalue weighted by molar-refractivity contribution is 5.81. The molecule has 0 unspecified atom stereocenters. The van der Waals surface area contributed by atoms with E-state index in [-0.39, 0.29) is 99.2 Å². The van der Waals surface area contributed by atoms with E-state index in [4.69, 9.17) is 38.6 Å². The molecule has 0 radical (unpaired) electrons. The molecule has 0 spiro atoms. The summed E-state index contributed by atoms with van der Waals surface area (Å²) in [6, 6.07) is 19.8. The highest BCUT2D eigenvalue weighted by Gasteiger charge is 2.19. The first-order valence-corrected chi connectivity index (χ1v) is 26.4. The number of aromatic nitrogens is 9. The van der Waals surface area contributed by atoms with Crippen LogP contribution in [0.5, 0.6) is 0 Å². The van der Waals surface area contributed by atoms with Gasteiger partial charge in [0.15, 0.2) is 0 Å². The summed E-state index contributed by atoms with van der Waals surface area (Å²) in [5, 5.41) is 26.8. The van der Waals surface area contributed by atoms with E-state index in [0.717, 1.165) is 11.1 Å². The van der Waals surface area contributed by atoms with E-state index in [1.807, 2.05) is 75.4 Å². The largest absolute Gasteiger partial charge is 0.368 e. The third kappa shape index (κ3) is 23.7. The zero-order valence-electron chi connectivity index (χ0n) is 44.9. The number of nitrogens with two attached hydrogens (primary N) is 5. The highest BCUT2D eigenvalue weighted by atomic mass is 16.2. The average molecular weight is 1100 g/mol. The summed E-state index contributed by atoms with van der Waals surface area (Å²) >= 11 is 0. The van der Waals surface area contributed by atoms with Gasteiger partial charge in [-0.05, 0) is 63.0 Å². The second-order valence-electron chi connectivity index (χ2n) is 17.7. The van der Waals surface area contributed by atoms with Crippen LogP contribution in [-0.2, 0) is 32.3 Å². The molecule has 0 atom stereocenters. The predicted molar refractivity (Wildman–Crippen MR) is 306 cm³/mol. The maximum atomic E-state index is 13.3. The Kier molecular flexibility index (Phi) is 27.1. The van der Waals surface area contributed by atoms with E-state index >= 15 is 0 Å². The van der Waals surface area contributed by atoms with Crippen LogP contribution in [0.2, 0.25) is 0 Å². The molecule has 0 bridgehead atoms. The smallest absolute Gasteiger partial charge is 0.239 e. The number of nitrogens with zero attached hydrogens (tertiary/aromatic N) is 12.